The van der Waals surface area contributed by atoms with E-state index in [9.17, 15) is 9.59 Å². The minimum atomic E-state index is -0.324. The van der Waals surface area contributed by atoms with Gasteiger partial charge in [-0.2, -0.15) is 0 Å². The Morgan fingerprint density at radius 2 is 1.84 bits per heavy atom. The van der Waals surface area contributed by atoms with Crippen molar-refractivity contribution in [3.05, 3.63) is 53.9 Å². The maximum atomic E-state index is 12.5. The summed E-state index contributed by atoms with van der Waals surface area (Å²) < 4.78 is 11.1. The van der Waals surface area contributed by atoms with Gasteiger partial charge in [0.05, 0.1) is 19.8 Å². The van der Waals surface area contributed by atoms with E-state index in [1.165, 1.54) is 5.56 Å². The van der Waals surface area contributed by atoms with Crippen LogP contribution in [0.25, 0.3) is 0 Å². The minimum Gasteiger partial charge on any atom is -0.490 e. The molecule has 1 aromatic carbocycles. The number of nitrogens with zero attached hydrogens (tertiary/aromatic N) is 2. The molecule has 3 rings (SSSR count). The monoisotopic (exact) mass is 440 g/mol. The molecule has 0 aliphatic carbocycles. The van der Waals surface area contributed by atoms with Gasteiger partial charge in [-0.1, -0.05) is 6.07 Å². The summed E-state index contributed by atoms with van der Waals surface area (Å²) >= 11 is 0. The molecule has 2 heterocycles. The zero-order valence-corrected chi connectivity index (χ0v) is 18.8. The molecule has 1 aliphatic heterocycles. The van der Waals surface area contributed by atoms with Gasteiger partial charge in [0.25, 0.3) is 5.91 Å². The maximum Gasteiger partial charge on any atom is 0.251 e. The summed E-state index contributed by atoms with van der Waals surface area (Å²) in [5.74, 6) is 0.610. The Hall–Kier alpha value is -3.13. The Morgan fingerprint density at radius 1 is 1.09 bits per heavy atom. The summed E-state index contributed by atoms with van der Waals surface area (Å²) in [6.45, 7) is 7.37. The smallest absolute Gasteiger partial charge is 0.251 e. The second-order valence-corrected chi connectivity index (χ2v) is 7.69. The first-order chi connectivity index (χ1) is 15.6. The van der Waals surface area contributed by atoms with Crippen LogP contribution in [0.4, 0.5) is 0 Å². The molecule has 32 heavy (non-hydrogen) atoms. The van der Waals surface area contributed by atoms with E-state index in [0.717, 1.165) is 32.5 Å². The number of aromatic nitrogens is 1. The number of pyridine rings is 1. The summed E-state index contributed by atoms with van der Waals surface area (Å²) in [5.41, 5.74) is 1.62. The largest absolute Gasteiger partial charge is 0.490 e. The predicted molar refractivity (Wildman–Crippen MR) is 122 cm³/mol. The third-order valence-electron chi connectivity index (χ3n) is 5.30. The van der Waals surface area contributed by atoms with Crippen LogP contribution in [0.1, 0.15) is 42.6 Å². The van der Waals surface area contributed by atoms with Crippen molar-refractivity contribution in [1.82, 2.24) is 20.5 Å². The summed E-state index contributed by atoms with van der Waals surface area (Å²) in [5, 5.41) is 5.72. The molecule has 1 aliphatic rings. The van der Waals surface area contributed by atoms with E-state index in [1.54, 1.807) is 24.4 Å². The lowest BCUT2D eigenvalue weighted by molar-refractivity contribution is -0.121. The van der Waals surface area contributed by atoms with Crippen LogP contribution < -0.4 is 20.1 Å². The van der Waals surface area contributed by atoms with Crippen molar-refractivity contribution in [1.29, 1.82) is 0 Å². The van der Waals surface area contributed by atoms with Crippen LogP contribution >= 0.6 is 0 Å². The summed E-state index contributed by atoms with van der Waals surface area (Å²) in [4.78, 5) is 31.3. The lowest BCUT2D eigenvalue weighted by atomic mass is 10.0. The van der Waals surface area contributed by atoms with E-state index in [4.69, 9.17) is 9.47 Å². The Balaban J connectivity index is 1.42. The van der Waals surface area contributed by atoms with Crippen LogP contribution in [-0.2, 0) is 11.3 Å². The van der Waals surface area contributed by atoms with Gasteiger partial charge in [-0.05, 0) is 56.5 Å². The highest BCUT2D eigenvalue weighted by Crippen LogP contribution is 2.28. The highest BCUT2D eigenvalue weighted by Gasteiger charge is 2.21. The quantitative estimate of drug-likeness (QED) is 0.589. The Morgan fingerprint density at radius 3 is 2.53 bits per heavy atom. The molecule has 2 amide bonds. The van der Waals surface area contributed by atoms with Crippen molar-refractivity contribution in [2.75, 3.05) is 32.8 Å². The van der Waals surface area contributed by atoms with E-state index in [-0.39, 0.29) is 24.4 Å². The van der Waals surface area contributed by atoms with Gasteiger partial charge in [0.15, 0.2) is 11.5 Å². The molecule has 8 heteroatoms. The number of carbonyl (C=O) groups is 2. The van der Waals surface area contributed by atoms with Crippen molar-refractivity contribution in [2.24, 2.45) is 0 Å². The Labute approximate surface area is 189 Å². The van der Waals surface area contributed by atoms with Gasteiger partial charge in [-0.3, -0.25) is 19.5 Å². The number of ether oxygens (including phenoxy) is 2. The van der Waals surface area contributed by atoms with E-state index in [2.05, 4.69) is 26.6 Å². The molecular weight excluding hydrogens is 408 g/mol. The topological polar surface area (TPSA) is 92.8 Å². The van der Waals surface area contributed by atoms with Crippen LogP contribution in [0.3, 0.4) is 0 Å². The number of hydrogen-bond acceptors (Lipinski definition) is 6. The van der Waals surface area contributed by atoms with Gasteiger partial charge in [-0.25, -0.2) is 0 Å². The number of piperidine rings is 1. The molecule has 2 N–H and O–H groups in total. The second-order valence-electron chi connectivity index (χ2n) is 7.69. The molecule has 0 saturated carbocycles. The number of hydrogen-bond donors (Lipinski definition) is 2. The molecule has 0 atom stereocenters. The van der Waals surface area contributed by atoms with Gasteiger partial charge in [0.1, 0.15) is 0 Å². The lowest BCUT2D eigenvalue weighted by Crippen LogP contribution is -2.47. The highest BCUT2D eigenvalue weighted by atomic mass is 16.5. The Bertz CT molecular complexity index is 883. The number of carbonyl (C=O) groups excluding carboxylic acids is 2. The first-order valence-corrected chi connectivity index (χ1v) is 11.2. The highest BCUT2D eigenvalue weighted by molar-refractivity contribution is 5.97. The third-order valence-corrected chi connectivity index (χ3v) is 5.30. The van der Waals surface area contributed by atoms with E-state index < -0.39 is 0 Å². The van der Waals surface area contributed by atoms with Gasteiger partial charge in [0.2, 0.25) is 5.91 Å². The number of rotatable bonds is 10. The van der Waals surface area contributed by atoms with Crippen LogP contribution in [0.5, 0.6) is 11.5 Å². The first-order valence-electron chi connectivity index (χ1n) is 11.2. The third kappa shape index (κ3) is 6.95. The minimum absolute atomic E-state index is 0.0636. The molecule has 2 aromatic rings. The summed E-state index contributed by atoms with van der Waals surface area (Å²) in [6, 6.07) is 9.16. The molecule has 0 spiro atoms. The fraction of sp³-hybridized carbons (Fsp3) is 0.458. The standard InChI is InChI=1S/C24H32N4O4/c1-3-31-21-8-7-19(14-22(21)32-4-2)24(30)26-16-23(29)27-20-9-12-28(13-10-20)17-18-6-5-11-25-15-18/h5-8,11,14-15,20H,3-4,9-10,12-13,16-17H2,1-2H3,(H,26,30)(H,27,29). The molecule has 0 radical (unpaired) electrons. The predicted octanol–water partition coefficient (Wildman–Crippen LogP) is 2.39. The van der Waals surface area contributed by atoms with Crippen molar-refractivity contribution in [3.8, 4) is 11.5 Å². The van der Waals surface area contributed by atoms with Gasteiger partial charge in [-0.15, -0.1) is 0 Å². The lowest BCUT2D eigenvalue weighted by Gasteiger charge is -2.32. The fourth-order valence-corrected chi connectivity index (χ4v) is 3.72. The van der Waals surface area contributed by atoms with Crippen LogP contribution in [0, 0.1) is 0 Å². The summed E-state index contributed by atoms with van der Waals surface area (Å²) in [7, 11) is 0. The molecule has 1 saturated heterocycles. The van der Waals surface area contributed by atoms with Crippen molar-refractivity contribution < 1.29 is 19.1 Å². The summed E-state index contributed by atoms with van der Waals surface area (Å²) in [6.07, 6.45) is 5.43. The average molecular weight is 441 g/mol. The zero-order valence-electron chi connectivity index (χ0n) is 18.8. The molecule has 8 nitrogen and oxygen atoms in total. The van der Waals surface area contributed by atoms with Crippen LogP contribution in [-0.4, -0.2) is 60.6 Å². The molecule has 0 bridgehead atoms. The van der Waals surface area contributed by atoms with E-state index >= 15 is 0 Å². The normalized spacial score (nSPS) is 14.6. The van der Waals surface area contributed by atoms with Gasteiger partial charge >= 0.3 is 0 Å². The van der Waals surface area contributed by atoms with Crippen molar-refractivity contribution in [2.45, 2.75) is 39.3 Å². The molecular formula is C24H32N4O4. The number of benzene rings is 1. The maximum absolute atomic E-state index is 12.5. The van der Waals surface area contributed by atoms with Gasteiger partial charge in [0, 0.05) is 43.6 Å². The molecule has 172 valence electrons. The van der Waals surface area contributed by atoms with E-state index in [1.807, 2.05) is 26.1 Å². The van der Waals surface area contributed by atoms with E-state index in [0.29, 0.717) is 30.3 Å². The number of nitrogens with one attached hydrogen (secondary N) is 2. The fourth-order valence-electron chi connectivity index (χ4n) is 3.72. The molecule has 1 aromatic heterocycles. The molecule has 1 fully saturated rings. The zero-order chi connectivity index (χ0) is 22.8. The van der Waals surface area contributed by atoms with Crippen LogP contribution in [0.15, 0.2) is 42.7 Å². The second kappa shape index (κ2) is 12.0. The number of amides is 2. The van der Waals surface area contributed by atoms with Crippen molar-refractivity contribution >= 4 is 11.8 Å². The first kappa shape index (κ1) is 23.5. The molecule has 0 unspecified atom stereocenters. The van der Waals surface area contributed by atoms with Crippen LogP contribution in [0.2, 0.25) is 0 Å². The van der Waals surface area contributed by atoms with Gasteiger partial charge < -0.3 is 20.1 Å². The Kier molecular flexibility index (Phi) is 8.86. The average Bonchev–Trinajstić information content (AvgIpc) is 2.81. The SMILES string of the molecule is CCOc1ccc(C(=O)NCC(=O)NC2CCN(Cc3cccnc3)CC2)cc1OCC. The van der Waals surface area contributed by atoms with Crippen molar-refractivity contribution in [3.63, 3.8) is 0 Å². The number of likely N-dealkylation sites (tertiary alicyclic amines) is 1.